The van der Waals surface area contributed by atoms with Crippen LogP contribution in [-0.4, -0.2) is 102 Å². The van der Waals surface area contributed by atoms with Crippen molar-refractivity contribution in [2.45, 2.75) is 104 Å². The predicted molar refractivity (Wildman–Crippen MR) is 152 cm³/mol. The molecule has 0 saturated carbocycles. The maximum Gasteiger partial charge on any atom is 0.270 e. The van der Waals surface area contributed by atoms with Crippen molar-refractivity contribution in [3.63, 3.8) is 0 Å². The molecule has 0 amide bonds. The number of ketones is 2. The van der Waals surface area contributed by atoms with E-state index < -0.39 is 23.4 Å². The van der Waals surface area contributed by atoms with E-state index in [-0.39, 0.29) is 23.7 Å². The lowest BCUT2D eigenvalue weighted by Gasteiger charge is -2.40. The first kappa shape index (κ1) is 32.6. The standard InChI is InChI=1S/C26H47BN4O6S/c1-10-25(8,19(4)32)36-18(3)21(33)26(9,11-2)37-20(16-31(27)24(5,6)7)17-35-23-22(28-38-29-23)30-12-14-34-15-13-30/h18,20H,10-17,27H2,1-9H3/t18-,20-,25?,26?/m0/s1. The Hall–Kier alpha value is -1.60. The Bertz CT molecular complexity index is 922. The second kappa shape index (κ2) is 13.7. The summed E-state index contributed by atoms with van der Waals surface area (Å²) in [6.07, 6.45) is -0.338. The summed E-state index contributed by atoms with van der Waals surface area (Å²) in [5.41, 5.74) is -2.27. The molecule has 0 N–H and O–H groups in total. The van der Waals surface area contributed by atoms with E-state index in [1.165, 1.54) is 6.92 Å². The third-order valence-corrected chi connectivity index (χ3v) is 8.13. The fraction of sp³-hybridized carbons (Fsp3) is 0.846. The van der Waals surface area contributed by atoms with Crippen LogP contribution < -0.4 is 9.64 Å². The van der Waals surface area contributed by atoms with E-state index in [0.717, 1.165) is 24.8 Å². The number of hydrogen-bond donors (Lipinski definition) is 0. The Morgan fingerprint density at radius 2 is 1.68 bits per heavy atom. The van der Waals surface area contributed by atoms with Crippen LogP contribution in [0.1, 0.15) is 75.2 Å². The molecule has 1 aromatic heterocycles. The Balaban J connectivity index is 2.22. The minimum atomic E-state index is -1.13. The third kappa shape index (κ3) is 8.45. The van der Waals surface area contributed by atoms with Crippen LogP contribution in [0.4, 0.5) is 5.82 Å². The molecule has 1 aromatic rings. The number of ether oxygens (including phenoxy) is 4. The summed E-state index contributed by atoms with van der Waals surface area (Å²) in [5, 5.41) is 0. The molecule has 38 heavy (non-hydrogen) atoms. The van der Waals surface area contributed by atoms with Gasteiger partial charge in [0.15, 0.2) is 19.5 Å². The second-order valence-corrected chi connectivity index (χ2v) is 12.0. The van der Waals surface area contributed by atoms with Gasteiger partial charge >= 0.3 is 0 Å². The van der Waals surface area contributed by atoms with Crippen molar-refractivity contribution >= 4 is 37.1 Å². The van der Waals surface area contributed by atoms with Gasteiger partial charge in [-0.1, -0.05) is 13.8 Å². The third-order valence-electron chi connectivity index (χ3n) is 7.63. The topological polar surface area (TPSA) is 103 Å². The molecule has 10 nitrogen and oxygen atoms in total. The Labute approximate surface area is 233 Å². The fourth-order valence-corrected chi connectivity index (χ4v) is 4.60. The summed E-state index contributed by atoms with van der Waals surface area (Å²) < 4.78 is 33.0. The van der Waals surface area contributed by atoms with E-state index in [1.807, 2.05) is 21.8 Å². The lowest BCUT2D eigenvalue weighted by Crippen LogP contribution is -2.53. The molecule has 1 aliphatic heterocycles. The van der Waals surface area contributed by atoms with E-state index in [1.54, 1.807) is 20.8 Å². The largest absolute Gasteiger partial charge is 0.472 e. The minimum Gasteiger partial charge on any atom is -0.472 e. The van der Waals surface area contributed by atoms with Crippen molar-refractivity contribution in [3.05, 3.63) is 0 Å². The first-order valence-corrected chi connectivity index (χ1v) is 14.3. The van der Waals surface area contributed by atoms with Gasteiger partial charge in [-0.2, -0.15) is 4.37 Å². The van der Waals surface area contributed by atoms with E-state index in [4.69, 9.17) is 18.9 Å². The molecule has 216 valence electrons. The number of carbonyl (C=O) groups excluding carboxylic acids is 2. The van der Waals surface area contributed by atoms with Gasteiger partial charge in [-0.05, 0) is 61.3 Å². The summed E-state index contributed by atoms with van der Waals surface area (Å²) in [6, 6.07) is 0. The van der Waals surface area contributed by atoms with Gasteiger partial charge in [0.05, 0.1) is 24.9 Å². The predicted octanol–water partition coefficient (Wildman–Crippen LogP) is 2.69. The number of morpholine rings is 1. The molecule has 1 saturated heterocycles. The van der Waals surface area contributed by atoms with Crippen LogP contribution in [0.3, 0.4) is 0 Å². The van der Waals surface area contributed by atoms with E-state index in [2.05, 4.69) is 39.2 Å². The van der Waals surface area contributed by atoms with Crippen LogP contribution >= 0.6 is 11.7 Å². The molecule has 0 radical (unpaired) electrons. The second-order valence-electron chi connectivity index (χ2n) is 11.4. The SMILES string of the molecule is BN(C[C@@H](COc1nsnc1N1CCOCC1)OC(C)(CC)C(=O)[C@H](C)OC(C)(CC)C(C)=O)C(C)(C)C. The first-order chi connectivity index (χ1) is 17.7. The zero-order valence-electron chi connectivity index (χ0n) is 25.0. The molecular formula is C26H47BN4O6S. The normalized spacial score (nSPS) is 19.5. The lowest BCUT2D eigenvalue weighted by molar-refractivity contribution is -0.176. The maximum absolute atomic E-state index is 13.7. The Morgan fingerprint density at radius 3 is 2.21 bits per heavy atom. The van der Waals surface area contributed by atoms with Crippen LogP contribution in [0.15, 0.2) is 0 Å². The van der Waals surface area contributed by atoms with Crippen molar-refractivity contribution in [1.82, 2.24) is 13.6 Å². The molecule has 12 heteroatoms. The molecule has 4 atom stereocenters. The van der Waals surface area contributed by atoms with Crippen molar-refractivity contribution < 1.29 is 28.5 Å². The van der Waals surface area contributed by atoms with Gasteiger partial charge in [0.2, 0.25) is 5.82 Å². The molecule has 0 spiro atoms. The molecule has 0 aliphatic carbocycles. The molecule has 1 aliphatic rings. The van der Waals surface area contributed by atoms with Crippen molar-refractivity contribution in [2.24, 2.45) is 0 Å². The molecule has 2 unspecified atom stereocenters. The Morgan fingerprint density at radius 1 is 1.08 bits per heavy atom. The minimum absolute atomic E-state index is 0.107. The van der Waals surface area contributed by atoms with Crippen LogP contribution in [0, 0.1) is 0 Å². The summed E-state index contributed by atoms with van der Waals surface area (Å²) in [4.78, 5) is 30.1. The van der Waals surface area contributed by atoms with Gasteiger partial charge in [-0.25, -0.2) is 0 Å². The number of aromatic nitrogens is 2. The molecular weight excluding hydrogens is 507 g/mol. The number of hydrogen-bond acceptors (Lipinski definition) is 11. The first-order valence-electron chi connectivity index (χ1n) is 13.6. The number of Topliss-reactive ketones (excluding diaryl/α,β-unsaturated/α-hetero) is 2. The highest BCUT2D eigenvalue weighted by Crippen LogP contribution is 2.29. The molecule has 2 rings (SSSR count). The van der Waals surface area contributed by atoms with Crippen molar-refractivity contribution in [2.75, 3.05) is 44.4 Å². The fourth-order valence-electron chi connectivity index (χ4n) is 4.08. The van der Waals surface area contributed by atoms with Gasteiger partial charge in [0, 0.05) is 25.2 Å². The van der Waals surface area contributed by atoms with Gasteiger partial charge in [0.25, 0.3) is 5.88 Å². The summed E-state index contributed by atoms with van der Waals surface area (Å²) in [5.74, 6) is 0.865. The zero-order valence-corrected chi connectivity index (χ0v) is 25.8. The van der Waals surface area contributed by atoms with Gasteiger partial charge in [-0.3, -0.25) is 9.59 Å². The maximum atomic E-state index is 13.7. The quantitative estimate of drug-likeness (QED) is 0.301. The smallest absolute Gasteiger partial charge is 0.270 e. The molecule has 1 fully saturated rings. The van der Waals surface area contributed by atoms with Crippen LogP contribution in [0.5, 0.6) is 5.88 Å². The van der Waals surface area contributed by atoms with Gasteiger partial charge in [-0.15, -0.1) is 4.37 Å². The van der Waals surface area contributed by atoms with E-state index in [0.29, 0.717) is 44.3 Å². The van der Waals surface area contributed by atoms with E-state index >= 15 is 0 Å². The monoisotopic (exact) mass is 554 g/mol. The number of anilines is 1. The van der Waals surface area contributed by atoms with E-state index in [9.17, 15) is 9.59 Å². The van der Waals surface area contributed by atoms with Gasteiger partial charge < -0.3 is 28.7 Å². The Kier molecular flexibility index (Phi) is 11.7. The molecule has 0 aromatic carbocycles. The average Bonchev–Trinajstić information content (AvgIpc) is 3.35. The van der Waals surface area contributed by atoms with Crippen molar-refractivity contribution in [3.8, 4) is 5.88 Å². The van der Waals surface area contributed by atoms with Gasteiger partial charge in [0.1, 0.15) is 30.0 Å². The van der Waals surface area contributed by atoms with Crippen molar-refractivity contribution in [1.29, 1.82) is 0 Å². The summed E-state index contributed by atoms with van der Waals surface area (Å²) in [6.45, 7) is 20.3. The lowest BCUT2D eigenvalue weighted by atomic mass is 9.92. The zero-order chi connectivity index (χ0) is 28.7. The highest BCUT2D eigenvalue weighted by molar-refractivity contribution is 6.99. The average molecular weight is 555 g/mol. The summed E-state index contributed by atoms with van der Waals surface area (Å²) in [7, 11) is 2.02. The number of nitrogens with zero attached hydrogens (tertiary/aromatic N) is 4. The highest BCUT2D eigenvalue weighted by atomic mass is 32.1. The molecule has 0 bridgehead atoms. The summed E-state index contributed by atoms with van der Waals surface area (Å²) >= 11 is 1.11. The number of carbonyl (C=O) groups is 2. The number of rotatable bonds is 15. The van der Waals surface area contributed by atoms with Crippen LogP contribution in [0.25, 0.3) is 0 Å². The molecule has 2 heterocycles. The van der Waals surface area contributed by atoms with Crippen LogP contribution in [0.2, 0.25) is 0 Å². The van der Waals surface area contributed by atoms with Crippen LogP contribution in [-0.2, 0) is 23.8 Å². The highest BCUT2D eigenvalue weighted by Gasteiger charge is 2.42.